The molecule has 126 valence electrons. The highest BCUT2D eigenvalue weighted by atomic mass is 32.1. The number of aromatic amines is 1. The fourth-order valence-corrected chi connectivity index (χ4v) is 3.81. The van der Waals surface area contributed by atoms with Crippen molar-refractivity contribution in [2.45, 2.75) is 57.4 Å². The third kappa shape index (κ3) is 3.65. The second-order valence-corrected chi connectivity index (χ2v) is 6.80. The summed E-state index contributed by atoms with van der Waals surface area (Å²) in [6.45, 7) is 1.80. The number of nitrogens with zero attached hydrogens (tertiary/aromatic N) is 3. The summed E-state index contributed by atoms with van der Waals surface area (Å²) in [4.78, 5) is 14.8. The van der Waals surface area contributed by atoms with Gasteiger partial charge < -0.3 is 5.11 Å². The van der Waals surface area contributed by atoms with E-state index in [0.717, 1.165) is 51.6 Å². The Labute approximate surface area is 140 Å². The molecule has 2 heterocycles. The standard InChI is InChI=1S/C16H24N4O2S/c21-14-13(11-17-19-9-5-2-6-10-19)15(22)20(16(23)18-14)12-7-3-1-4-8-12/h11-12,22H,1-10H2,(H,18,21,23). The summed E-state index contributed by atoms with van der Waals surface area (Å²) in [5.41, 5.74) is -0.171. The van der Waals surface area contributed by atoms with Gasteiger partial charge in [0.1, 0.15) is 5.56 Å². The summed E-state index contributed by atoms with van der Waals surface area (Å²) in [6.07, 6.45) is 10.4. The number of H-pyrrole nitrogens is 1. The van der Waals surface area contributed by atoms with E-state index in [4.69, 9.17) is 12.2 Å². The maximum Gasteiger partial charge on any atom is 0.264 e. The number of aromatic hydroxyl groups is 1. The second kappa shape index (κ2) is 7.29. The molecule has 7 heteroatoms. The number of hydrogen-bond donors (Lipinski definition) is 2. The van der Waals surface area contributed by atoms with Gasteiger partial charge in [-0.2, -0.15) is 5.10 Å². The molecule has 0 spiro atoms. The topological polar surface area (TPSA) is 73.6 Å². The smallest absolute Gasteiger partial charge is 0.264 e. The first-order chi connectivity index (χ1) is 11.2. The van der Waals surface area contributed by atoms with E-state index in [1.165, 1.54) is 19.1 Å². The van der Waals surface area contributed by atoms with E-state index in [-0.39, 0.29) is 23.0 Å². The molecule has 2 N–H and O–H groups in total. The Balaban J connectivity index is 1.91. The van der Waals surface area contributed by atoms with Gasteiger partial charge in [0, 0.05) is 19.1 Å². The van der Waals surface area contributed by atoms with Gasteiger partial charge in [-0.25, -0.2) is 0 Å². The fourth-order valence-electron chi connectivity index (χ4n) is 3.48. The molecule has 2 fully saturated rings. The van der Waals surface area contributed by atoms with E-state index in [1.807, 2.05) is 5.01 Å². The highest BCUT2D eigenvalue weighted by molar-refractivity contribution is 7.71. The molecule has 6 nitrogen and oxygen atoms in total. The van der Waals surface area contributed by atoms with E-state index in [1.54, 1.807) is 4.57 Å². The Morgan fingerprint density at radius 3 is 2.48 bits per heavy atom. The van der Waals surface area contributed by atoms with E-state index in [9.17, 15) is 9.90 Å². The van der Waals surface area contributed by atoms with E-state index in [0.29, 0.717) is 4.77 Å². The van der Waals surface area contributed by atoms with Crippen molar-refractivity contribution in [1.82, 2.24) is 14.6 Å². The Kier molecular flexibility index (Phi) is 5.15. The number of aromatic nitrogens is 2. The van der Waals surface area contributed by atoms with Crippen molar-refractivity contribution in [3.05, 3.63) is 20.7 Å². The maximum atomic E-state index is 12.2. The van der Waals surface area contributed by atoms with Crippen molar-refractivity contribution in [3.8, 4) is 5.88 Å². The fraction of sp³-hybridized carbons (Fsp3) is 0.688. The van der Waals surface area contributed by atoms with Gasteiger partial charge in [-0.05, 0) is 44.3 Å². The molecule has 0 unspecified atom stereocenters. The summed E-state index contributed by atoms with van der Waals surface area (Å²) >= 11 is 5.27. The lowest BCUT2D eigenvalue weighted by molar-refractivity contribution is 0.240. The molecule has 1 aromatic rings. The summed E-state index contributed by atoms with van der Waals surface area (Å²) < 4.78 is 2.00. The SMILES string of the molecule is O=c1[nH]c(=S)n(C2CCCCC2)c(O)c1C=NN1CCCCC1. The van der Waals surface area contributed by atoms with Crippen molar-refractivity contribution in [2.75, 3.05) is 13.1 Å². The molecular weight excluding hydrogens is 312 g/mol. The highest BCUT2D eigenvalue weighted by Crippen LogP contribution is 2.31. The van der Waals surface area contributed by atoms with Gasteiger partial charge >= 0.3 is 0 Å². The first-order valence-corrected chi connectivity index (χ1v) is 8.94. The lowest BCUT2D eigenvalue weighted by Gasteiger charge is -2.26. The van der Waals surface area contributed by atoms with Crippen LogP contribution in [0, 0.1) is 4.77 Å². The van der Waals surface area contributed by atoms with Crippen LogP contribution >= 0.6 is 12.2 Å². The highest BCUT2D eigenvalue weighted by Gasteiger charge is 2.21. The van der Waals surface area contributed by atoms with Crippen LogP contribution in [0.2, 0.25) is 0 Å². The van der Waals surface area contributed by atoms with Crippen LogP contribution in [0.25, 0.3) is 0 Å². The largest absolute Gasteiger partial charge is 0.494 e. The summed E-state index contributed by atoms with van der Waals surface area (Å²) in [5.74, 6) is -0.0496. The van der Waals surface area contributed by atoms with Gasteiger partial charge in [0.2, 0.25) is 5.88 Å². The molecule has 0 atom stereocenters. The van der Waals surface area contributed by atoms with Crippen LogP contribution in [0.5, 0.6) is 5.88 Å². The van der Waals surface area contributed by atoms with Crippen LogP contribution in [-0.4, -0.2) is 39.0 Å². The van der Waals surface area contributed by atoms with Crippen LogP contribution in [0.15, 0.2) is 9.90 Å². The van der Waals surface area contributed by atoms with Crippen molar-refractivity contribution in [2.24, 2.45) is 5.10 Å². The van der Waals surface area contributed by atoms with Gasteiger partial charge in [0.05, 0.1) is 6.21 Å². The molecule has 3 rings (SSSR count). The normalized spacial score (nSPS) is 20.3. The number of hydrazone groups is 1. The molecule has 0 radical (unpaired) electrons. The zero-order valence-corrected chi connectivity index (χ0v) is 14.1. The summed E-state index contributed by atoms with van der Waals surface area (Å²) in [6, 6.07) is 0.162. The molecule has 1 aromatic heterocycles. The molecule has 0 aromatic carbocycles. The van der Waals surface area contributed by atoms with E-state index < -0.39 is 0 Å². The lowest BCUT2D eigenvalue weighted by Crippen LogP contribution is -2.26. The monoisotopic (exact) mass is 336 g/mol. The molecule has 0 amide bonds. The predicted octanol–water partition coefficient (Wildman–Crippen LogP) is 2.94. The zero-order chi connectivity index (χ0) is 16.2. The average Bonchev–Trinajstić information content (AvgIpc) is 2.56. The number of rotatable bonds is 3. The van der Waals surface area contributed by atoms with Crippen molar-refractivity contribution < 1.29 is 5.11 Å². The first-order valence-electron chi connectivity index (χ1n) is 8.53. The first kappa shape index (κ1) is 16.2. The van der Waals surface area contributed by atoms with Gasteiger partial charge in [-0.15, -0.1) is 0 Å². The quantitative estimate of drug-likeness (QED) is 0.657. The van der Waals surface area contributed by atoms with Crippen LogP contribution in [0.4, 0.5) is 0 Å². The van der Waals surface area contributed by atoms with Crippen LogP contribution < -0.4 is 5.56 Å². The molecule has 23 heavy (non-hydrogen) atoms. The Morgan fingerprint density at radius 2 is 1.78 bits per heavy atom. The summed E-state index contributed by atoms with van der Waals surface area (Å²) in [7, 11) is 0. The maximum absolute atomic E-state index is 12.2. The molecule has 1 aliphatic carbocycles. The third-order valence-corrected chi connectivity index (χ3v) is 5.07. The van der Waals surface area contributed by atoms with Gasteiger partial charge in [0.15, 0.2) is 4.77 Å². The minimum Gasteiger partial charge on any atom is -0.494 e. The average molecular weight is 336 g/mol. The minimum atomic E-state index is -0.375. The van der Waals surface area contributed by atoms with E-state index >= 15 is 0 Å². The molecule has 1 saturated heterocycles. The molecular formula is C16H24N4O2S. The van der Waals surface area contributed by atoms with Crippen LogP contribution in [0.1, 0.15) is 63.0 Å². The van der Waals surface area contributed by atoms with Gasteiger partial charge in [-0.3, -0.25) is 19.4 Å². The third-order valence-electron chi connectivity index (χ3n) is 4.78. The Bertz CT molecular complexity index is 682. The molecule has 2 aliphatic rings. The molecule has 1 aliphatic heterocycles. The van der Waals surface area contributed by atoms with E-state index in [2.05, 4.69) is 10.1 Å². The minimum absolute atomic E-state index is 0.0496. The zero-order valence-electron chi connectivity index (χ0n) is 13.3. The summed E-state index contributed by atoms with van der Waals surface area (Å²) in [5, 5.41) is 16.9. The van der Waals surface area contributed by atoms with Crippen molar-refractivity contribution in [1.29, 1.82) is 0 Å². The van der Waals surface area contributed by atoms with Crippen LogP contribution in [-0.2, 0) is 0 Å². The van der Waals surface area contributed by atoms with Gasteiger partial charge in [-0.1, -0.05) is 19.3 Å². The molecule has 1 saturated carbocycles. The molecule has 0 bridgehead atoms. The Morgan fingerprint density at radius 1 is 1.13 bits per heavy atom. The van der Waals surface area contributed by atoms with Crippen molar-refractivity contribution >= 4 is 18.4 Å². The van der Waals surface area contributed by atoms with Crippen LogP contribution in [0.3, 0.4) is 0 Å². The number of hydrogen-bond acceptors (Lipinski definition) is 5. The predicted molar refractivity (Wildman–Crippen MR) is 92.7 cm³/mol. The van der Waals surface area contributed by atoms with Gasteiger partial charge in [0.25, 0.3) is 5.56 Å². The number of piperidine rings is 1. The number of nitrogens with one attached hydrogen (secondary N) is 1. The Hall–Kier alpha value is -1.63. The lowest BCUT2D eigenvalue weighted by atomic mass is 9.95. The second-order valence-electron chi connectivity index (χ2n) is 6.42. The van der Waals surface area contributed by atoms with Crippen molar-refractivity contribution in [3.63, 3.8) is 0 Å².